The van der Waals surface area contributed by atoms with Crippen molar-refractivity contribution in [1.29, 1.82) is 0 Å². The van der Waals surface area contributed by atoms with Crippen LogP contribution >= 0.6 is 0 Å². The molecule has 1 heterocycles. The Balaban J connectivity index is 2.12. The van der Waals surface area contributed by atoms with Gasteiger partial charge >= 0.3 is 0 Å². The summed E-state index contributed by atoms with van der Waals surface area (Å²) in [6.45, 7) is 7.64. The lowest BCUT2D eigenvalue weighted by Gasteiger charge is -2.23. The molecular formula is C16H26N2. The first-order valence-corrected chi connectivity index (χ1v) is 7.10. The van der Waals surface area contributed by atoms with Crippen LogP contribution in [0.3, 0.4) is 0 Å². The Morgan fingerprint density at radius 3 is 2.28 bits per heavy atom. The summed E-state index contributed by atoms with van der Waals surface area (Å²) in [6.07, 6.45) is 1.28. The number of nitrogens with two attached hydrogens (primary N) is 1. The van der Waals surface area contributed by atoms with E-state index in [4.69, 9.17) is 5.73 Å². The average molecular weight is 246 g/mol. The maximum Gasteiger partial charge on any atom is 0.00134 e. The van der Waals surface area contributed by atoms with E-state index in [1.54, 1.807) is 0 Å². The highest BCUT2D eigenvalue weighted by Gasteiger charge is 2.27. The molecule has 1 aromatic carbocycles. The van der Waals surface area contributed by atoms with Crippen molar-refractivity contribution in [3.05, 3.63) is 35.4 Å². The van der Waals surface area contributed by atoms with Gasteiger partial charge in [-0.15, -0.1) is 0 Å². The maximum absolute atomic E-state index is 6.01. The normalized spacial score (nSPS) is 22.6. The van der Waals surface area contributed by atoms with Crippen LogP contribution in [0.5, 0.6) is 0 Å². The number of hydrogen-bond acceptors (Lipinski definition) is 2. The van der Waals surface area contributed by atoms with Crippen molar-refractivity contribution >= 4 is 0 Å². The second-order valence-electron chi connectivity index (χ2n) is 5.97. The third kappa shape index (κ3) is 2.93. The van der Waals surface area contributed by atoms with E-state index in [1.807, 2.05) is 0 Å². The lowest BCUT2D eigenvalue weighted by molar-refractivity contribution is 0.371. The molecule has 1 aliphatic heterocycles. The summed E-state index contributed by atoms with van der Waals surface area (Å²) in [6, 6.07) is 9.10. The van der Waals surface area contributed by atoms with Crippen LogP contribution in [0.1, 0.15) is 43.2 Å². The fraction of sp³-hybridized carbons (Fsp3) is 0.625. The van der Waals surface area contributed by atoms with Gasteiger partial charge in [-0.1, -0.05) is 38.1 Å². The second-order valence-corrected chi connectivity index (χ2v) is 5.97. The number of likely N-dealkylation sites (tertiary alicyclic amines) is 1. The number of hydrogen-bond donors (Lipinski definition) is 1. The molecule has 0 bridgehead atoms. The average Bonchev–Trinajstić information content (AvgIpc) is 2.77. The highest BCUT2D eigenvalue weighted by molar-refractivity contribution is 5.28. The molecule has 0 radical (unpaired) electrons. The van der Waals surface area contributed by atoms with Crippen LogP contribution in [0.2, 0.25) is 0 Å². The minimum absolute atomic E-state index is 0.524. The molecule has 1 aliphatic rings. The van der Waals surface area contributed by atoms with Crippen LogP contribution in [0.4, 0.5) is 0 Å². The fourth-order valence-corrected chi connectivity index (χ4v) is 3.03. The van der Waals surface area contributed by atoms with Gasteiger partial charge in [0.2, 0.25) is 0 Å². The van der Waals surface area contributed by atoms with Crippen LogP contribution in [0.15, 0.2) is 24.3 Å². The molecular weight excluding hydrogens is 220 g/mol. The molecule has 100 valence electrons. The Labute approximate surface area is 111 Å². The molecule has 0 aromatic heterocycles. The highest BCUT2D eigenvalue weighted by Crippen LogP contribution is 2.31. The van der Waals surface area contributed by atoms with E-state index >= 15 is 0 Å². The molecule has 2 unspecified atom stereocenters. The third-order valence-electron chi connectivity index (χ3n) is 4.28. The molecule has 18 heavy (non-hydrogen) atoms. The summed E-state index contributed by atoms with van der Waals surface area (Å²) in [7, 11) is 2.20. The van der Waals surface area contributed by atoms with E-state index in [1.165, 1.54) is 30.6 Å². The van der Waals surface area contributed by atoms with Crippen molar-refractivity contribution in [2.24, 2.45) is 11.7 Å². The van der Waals surface area contributed by atoms with Crippen LogP contribution < -0.4 is 5.73 Å². The minimum Gasteiger partial charge on any atom is -0.330 e. The van der Waals surface area contributed by atoms with E-state index in [2.05, 4.69) is 50.1 Å². The largest absolute Gasteiger partial charge is 0.330 e. The zero-order chi connectivity index (χ0) is 13.1. The quantitative estimate of drug-likeness (QED) is 0.885. The van der Waals surface area contributed by atoms with Crippen LogP contribution in [-0.4, -0.2) is 31.6 Å². The summed E-state index contributed by atoms with van der Waals surface area (Å²) in [5.74, 6) is 1.86. The Morgan fingerprint density at radius 2 is 1.83 bits per heavy atom. The van der Waals surface area contributed by atoms with E-state index in [-0.39, 0.29) is 0 Å². The Morgan fingerprint density at radius 1 is 1.22 bits per heavy atom. The topological polar surface area (TPSA) is 29.3 Å². The first kappa shape index (κ1) is 13.6. The van der Waals surface area contributed by atoms with Crippen LogP contribution in [0.25, 0.3) is 0 Å². The third-order valence-corrected chi connectivity index (χ3v) is 4.28. The lowest BCUT2D eigenvalue weighted by atomic mass is 9.84. The van der Waals surface area contributed by atoms with Gasteiger partial charge in [0.1, 0.15) is 0 Å². The first-order chi connectivity index (χ1) is 8.61. The zero-order valence-electron chi connectivity index (χ0n) is 11.9. The molecule has 1 fully saturated rings. The summed E-state index contributed by atoms with van der Waals surface area (Å²) in [5.41, 5.74) is 8.84. The minimum atomic E-state index is 0.524. The van der Waals surface area contributed by atoms with Gasteiger partial charge in [-0.2, -0.15) is 0 Å². The van der Waals surface area contributed by atoms with Gasteiger partial charge in [0.05, 0.1) is 0 Å². The van der Waals surface area contributed by atoms with E-state index < -0.39 is 0 Å². The molecule has 2 nitrogen and oxygen atoms in total. The monoisotopic (exact) mass is 246 g/mol. The van der Waals surface area contributed by atoms with E-state index in [0.29, 0.717) is 11.8 Å². The summed E-state index contributed by atoms with van der Waals surface area (Å²) < 4.78 is 0. The molecule has 0 saturated carbocycles. The summed E-state index contributed by atoms with van der Waals surface area (Å²) in [5, 5.41) is 0. The Hall–Kier alpha value is -0.860. The van der Waals surface area contributed by atoms with Crippen LogP contribution in [-0.2, 0) is 0 Å². The lowest BCUT2D eigenvalue weighted by Crippen LogP contribution is -2.24. The van der Waals surface area contributed by atoms with Crippen molar-refractivity contribution in [3.8, 4) is 0 Å². The number of benzene rings is 1. The molecule has 0 spiro atoms. The van der Waals surface area contributed by atoms with Gasteiger partial charge in [0.25, 0.3) is 0 Å². The van der Waals surface area contributed by atoms with Gasteiger partial charge < -0.3 is 10.6 Å². The number of rotatable bonds is 4. The molecule has 2 heteroatoms. The van der Waals surface area contributed by atoms with Crippen molar-refractivity contribution in [2.45, 2.75) is 32.1 Å². The first-order valence-electron chi connectivity index (χ1n) is 7.10. The van der Waals surface area contributed by atoms with Crippen molar-refractivity contribution in [3.63, 3.8) is 0 Å². The molecule has 0 aliphatic carbocycles. The van der Waals surface area contributed by atoms with E-state index in [0.717, 1.165) is 12.5 Å². The van der Waals surface area contributed by atoms with Crippen molar-refractivity contribution in [2.75, 3.05) is 26.7 Å². The summed E-state index contributed by atoms with van der Waals surface area (Å²) in [4.78, 5) is 2.41. The summed E-state index contributed by atoms with van der Waals surface area (Å²) >= 11 is 0. The SMILES string of the molecule is CC(C)c1ccc(C(CN)C2CCN(C)C2)cc1. The molecule has 2 N–H and O–H groups in total. The number of nitrogens with zero attached hydrogens (tertiary/aromatic N) is 1. The highest BCUT2D eigenvalue weighted by atomic mass is 15.1. The Bertz CT molecular complexity index is 369. The van der Waals surface area contributed by atoms with E-state index in [9.17, 15) is 0 Å². The molecule has 1 aromatic rings. The molecule has 0 amide bonds. The Kier molecular flexibility index (Phi) is 4.41. The second kappa shape index (κ2) is 5.85. The smallest absolute Gasteiger partial charge is 0.00134 e. The predicted octanol–water partition coefficient (Wildman–Crippen LogP) is 2.80. The van der Waals surface area contributed by atoms with Crippen LogP contribution in [0, 0.1) is 5.92 Å². The maximum atomic E-state index is 6.01. The molecule has 1 saturated heterocycles. The van der Waals surface area contributed by atoms with Gasteiger partial charge in [-0.05, 0) is 49.5 Å². The van der Waals surface area contributed by atoms with Gasteiger partial charge in [-0.25, -0.2) is 0 Å². The molecule has 2 atom stereocenters. The zero-order valence-corrected chi connectivity index (χ0v) is 11.9. The van der Waals surface area contributed by atoms with Gasteiger partial charge in [0, 0.05) is 12.5 Å². The molecule has 2 rings (SSSR count). The fourth-order valence-electron chi connectivity index (χ4n) is 3.03. The standard InChI is InChI=1S/C16H26N2/c1-12(2)13-4-6-14(7-5-13)16(10-17)15-8-9-18(3)11-15/h4-7,12,15-16H,8-11,17H2,1-3H3. The van der Waals surface area contributed by atoms with Crippen molar-refractivity contribution in [1.82, 2.24) is 4.90 Å². The van der Waals surface area contributed by atoms with Gasteiger partial charge in [0.15, 0.2) is 0 Å². The predicted molar refractivity (Wildman–Crippen MR) is 77.9 cm³/mol. The van der Waals surface area contributed by atoms with Gasteiger partial charge in [-0.3, -0.25) is 0 Å². The van der Waals surface area contributed by atoms with Crippen molar-refractivity contribution < 1.29 is 0 Å².